The van der Waals surface area contributed by atoms with E-state index < -0.39 is 0 Å². The lowest BCUT2D eigenvalue weighted by molar-refractivity contribution is 0.282. The number of nitrogens with zero attached hydrogens (tertiary/aromatic N) is 1. The zero-order valence-corrected chi connectivity index (χ0v) is 10.9. The molecule has 0 bridgehead atoms. The molecule has 0 spiro atoms. The molecule has 0 fully saturated rings. The van der Waals surface area contributed by atoms with Crippen LogP contribution < -0.4 is 0 Å². The van der Waals surface area contributed by atoms with Gasteiger partial charge >= 0.3 is 0 Å². The number of aliphatic hydroxyl groups is 1. The van der Waals surface area contributed by atoms with Crippen molar-refractivity contribution in [1.29, 1.82) is 0 Å². The van der Waals surface area contributed by atoms with Crippen LogP contribution in [0.5, 0.6) is 0 Å². The Bertz CT molecular complexity index is 557. The summed E-state index contributed by atoms with van der Waals surface area (Å²) in [7, 11) is 0. The van der Waals surface area contributed by atoms with Crippen molar-refractivity contribution >= 4 is 34.8 Å². The zero-order valence-electron chi connectivity index (χ0n) is 8.62. The van der Waals surface area contributed by atoms with Crippen molar-refractivity contribution < 1.29 is 5.11 Å². The summed E-state index contributed by atoms with van der Waals surface area (Å²) >= 11 is 17.9. The molecule has 0 saturated carbocycles. The summed E-state index contributed by atoms with van der Waals surface area (Å²) < 4.78 is 0. The number of hydrogen-bond acceptors (Lipinski definition) is 2. The van der Waals surface area contributed by atoms with E-state index in [1.807, 2.05) is 6.07 Å². The number of halogens is 3. The van der Waals surface area contributed by atoms with E-state index in [0.717, 1.165) is 0 Å². The fraction of sp³-hybridized carbons (Fsp3) is 0.0833. The van der Waals surface area contributed by atoms with Gasteiger partial charge in [0.15, 0.2) is 0 Å². The second-order valence-electron chi connectivity index (χ2n) is 3.42. The minimum atomic E-state index is -0.146. The van der Waals surface area contributed by atoms with Gasteiger partial charge in [-0.15, -0.1) is 0 Å². The minimum Gasteiger partial charge on any atom is -0.392 e. The molecule has 1 aromatic carbocycles. The summed E-state index contributed by atoms with van der Waals surface area (Å²) in [5.74, 6) is 0. The maximum atomic E-state index is 9.14. The average Bonchev–Trinajstić information content (AvgIpc) is 2.34. The summed E-state index contributed by atoms with van der Waals surface area (Å²) in [4.78, 5) is 4.17. The number of hydrogen-bond donors (Lipinski definition) is 1. The number of rotatable bonds is 2. The first kappa shape index (κ1) is 12.7. The highest BCUT2D eigenvalue weighted by Gasteiger charge is 2.10. The molecule has 0 amide bonds. The highest BCUT2D eigenvalue weighted by atomic mass is 35.5. The molecule has 2 rings (SSSR count). The van der Waals surface area contributed by atoms with Gasteiger partial charge in [0.25, 0.3) is 0 Å². The van der Waals surface area contributed by atoms with Gasteiger partial charge in [0, 0.05) is 11.8 Å². The lowest BCUT2D eigenvalue weighted by Crippen LogP contribution is -1.91. The van der Waals surface area contributed by atoms with Gasteiger partial charge < -0.3 is 5.11 Å². The molecule has 1 N–H and O–H groups in total. The molecule has 88 valence electrons. The van der Waals surface area contributed by atoms with Crippen molar-refractivity contribution in [2.75, 3.05) is 0 Å². The summed E-state index contributed by atoms with van der Waals surface area (Å²) in [5, 5.41) is 10.5. The van der Waals surface area contributed by atoms with Crippen LogP contribution in [0.2, 0.25) is 15.1 Å². The predicted octanol–water partition coefficient (Wildman–Crippen LogP) is 4.20. The first-order valence-corrected chi connectivity index (χ1v) is 5.96. The van der Waals surface area contributed by atoms with Crippen molar-refractivity contribution in [3.63, 3.8) is 0 Å². The van der Waals surface area contributed by atoms with Crippen LogP contribution in [0.1, 0.15) is 5.56 Å². The largest absolute Gasteiger partial charge is 0.392 e. The molecule has 1 aromatic heterocycles. The van der Waals surface area contributed by atoms with E-state index in [1.165, 1.54) is 6.20 Å². The summed E-state index contributed by atoms with van der Waals surface area (Å²) in [5.41, 5.74) is 1.95. The quantitative estimate of drug-likeness (QED) is 0.898. The Kier molecular flexibility index (Phi) is 3.89. The van der Waals surface area contributed by atoms with Gasteiger partial charge in [-0.3, -0.25) is 4.98 Å². The van der Waals surface area contributed by atoms with Crippen molar-refractivity contribution in [3.05, 3.63) is 51.1 Å². The van der Waals surface area contributed by atoms with E-state index in [9.17, 15) is 0 Å². The number of pyridine rings is 1. The van der Waals surface area contributed by atoms with Crippen LogP contribution in [0.3, 0.4) is 0 Å². The minimum absolute atomic E-state index is 0.146. The maximum absolute atomic E-state index is 9.14. The standard InChI is InChI=1S/C12H8Cl3NO/c13-9-3-1-2-8(12(9)15)11-4-7(6-17)10(14)5-16-11/h1-5,17H,6H2. The van der Waals surface area contributed by atoms with E-state index in [1.54, 1.807) is 18.2 Å². The van der Waals surface area contributed by atoms with E-state index in [4.69, 9.17) is 39.9 Å². The monoisotopic (exact) mass is 287 g/mol. The topological polar surface area (TPSA) is 33.1 Å². The van der Waals surface area contributed by atoms with Crippen LogP contribution >= 0.6 is 34.8 Å². The molecule has 17 heavy (non-hydrogen) atoms. The van der Waals surface area contributed by atoms with Gasteiger partial charge in [-0.25, -0.2) is 0 Å². The van der Waals surface area contributed by atoms with Crippen LogP contribution in [0, 0.1) is 0 Å². The van der Waals surface area contributed by atoms with Crippen molar-refractivity contribution in [2.24, 2.45) is 0 Å². The third kappa shape index (κ3) is 2.55. The fourth-order valence-corrected chi connectivity index (χ4v) is 2.01. The van der Waals surface area contributed by atoms with Gasteiger partial charge in [0.2, 0.25) is 0 Å². The summed E-state index contributed by atoms with van der Waals surface area (Å²) in [6.45, 7) is -0.146. The molecule has 2 aromatic rings. The highest BCUT2D eigenvalue weighted by Crippen LogP contribution is 2.33. The summed E-state index contributed by atoms with van der Waals surface area (Å²) in [6.07, 6.45) is 1.49. The van der Waals surface area contributed by atoms with Gasteiger partial charge in [0.05, 0.1) is 27.4 Å². The van der Waals surface area contributed by atoms with Crippen LogP contribution in [0.15, 0.2) is 30.5 Å². The maximum Gasteiger partial charge on any atom is 0.0722 e. The molecule has 0 unspecified atom stereocenters. The average molecular weight is 289 g/mol. The fourth-order valence-electron chi connectivity index (χ4n) is 1.45. The van der Waals surface area contributed by atoms with Gasteiger partial charge in [0.1, 0.15) is 0 Å². The number of aliphatic hydroxyl groups excluding tert-OH is 1. The molecule has 0 saturated heterocycles. The molecular weight excluding hydrogens is 280 g/mol. The molecule has 0 aliphatic carbocycles. The van der Waals surface area contributed by atoms with Crippen molar-refractivity contribution in [2.45, 2.75) is 6.61 Å². The van der Waals surface area contributed by atoms with E-state index in [-0.39, 0.29) is 6.61 Å². The first-order valence-electron chi connectivity index (χ1n) is 4.83. The Morgan fingerprint density at radius 1 is 1.12 bits per heavy atom. The van der Waals surface area contributed by atoms with Crippen LogP contribution in [-0.4, -0.2) is 10.1 Å². The molecular formula is C12H8Cl3NO. The smallest absolute Gasteiger partial charge is 0.0722 e. The van der Waals surface area contributed by atoms with Gasteiger partial charge in [-0.05, 0) is 17.7 Å². The van der Waals surface area contributed by atoms with Gasteiger partial charge in [-0.2, -0.15) is 0 Å². The molecule has 0 aliphatic heterocycles. The van der Waals surface area contributed by atoms with Crippen LogP contribution in [0.4, 0.5) is 0 Å². The van der Waals surface area contributed by atoms with Crippen LogP contribution in [0.25, 0.3) is 11.3 Å². The Morgan fingerprint density at radius 3 is 2.59 bits per heavy atom. The normalized spacial score (nSPS) is 10.6. The second-order valence-corrected chi connectivity index (χ2v) is 4.61. The van der Waals surface area contributed by atoms with E-state index in [2.05, 4.69) is 4.98 Å². The zero-order chi connectivity index (χ0) is 12.4. The highest BCUT2D eigenvalue weighted by molar-refractivity contribution is 6.43. The Labute approximate surface area is 114 Å². The van der Waals surface area contributed by atoms with E-state index in [0.29, 0.717) is 31.9 Å². The molecule has 0 atom stereocenters. The Morgan fingerprint density at radius 2 is 1.88 bits per heavy atom. The lowest BCUT2D eigenvalue weighted by Gasteiger charge is -2.07. The molecule has 5 heteroatoms. The predicted molar refractivity (Wildman–Crippen MR) is 70.6 cm³/mol. The molecule has 1 heterocycles. The Hall–Kier alpha value is -0.800. The van der Waals surface area contributed by atoms with Crippen molar-refractivity contribution in [3.8, 4) is 11.3 Å². The molecule has 0 radical (unpaired) electrons. The van der Waals surface area contributed by atoms with Crippen molar-refractivity contribution in [1.82, 2.24) is 4.98 Å². The third-order valence-electron chi connectivity index (χ3n) is 2.33. The molecule has 2 nitrogen and oxygen atoms in total. The summed E-state index contributed by atoms with van der Waals surface area (Å²) in [6, 6.07) is 7.00. The first-order chi connectivity index (χ1) is 8.13. The van der Waals surface area contributed by atoms with E-state index >= 15 is 0 Å². The third-order valence-corrected chi connectivity index (χ3v) is 3.49. The Balaban J connectivity index is 2.57. The molecule has 0 aliphatic rings. The number of benzene rings is 1. The lowest BCUT2D eigenvalue weighted by atomic mass is 10.1. The number of aromatic nitrogens is 1. The van der Waals surface area contributed by atoms with Gasteiger partial charge in [-0.1, -0.05) is 46.9 Å². The SMILES string of the molecule is OCc1cc(-c2cccc(Cl)c2Cl)ncc1Cl. The van der Waals surface area contributed by atoms with Crippen LogP contribution in [-0.2, 0) is 6.61 Å². The second kappa shape index (κ2) is 5.23.